The first kappa shape index (κ1) is 24.0. The summed E-state index contributed by atoms with van der Waals surface area (Å²) in [7, 11) is 0. The summed E-state index contributed by atoms with van der Waals surface area (Å²) in [4.78, 5) is 11.8. The largest absolute Gasteiger partial charge is 0.423 e. The summed E-state index contributed by atoms with van der Waals surface area (Å²) in [5, 5.41) is 15.5. The zero-order valence-electron chi connectivity index (χ0n) is 16.4. The highest BCUT2D eigenvalue weighted by atomic mass is 35.5. The molecule has 0 aliphatic heterocycles. The molecule has 0 radical (unpaired) electrons. The summed E-state index contributed by atoms with van der Waals surface area (Å²) in [5.41, 5.74) is -1.77. The Bertz CT molecular complexity index is 973. The molecule has 3 N–H and O–H groups in total. The number of carbonyl (C=O) groups is 1. The summed E-state index contributed by atoms with van der Waals surface area (Å²) in [5.74, 6) is 0.105. The van der Waals surface area contributed by atoms with Crippen molar-refractivity contribution in [2.75, 3.05) is 11.9 Å². The third-order valence-corrected chi connectivity index (χ3v) is 6.42. The minimum Gasteiger partial charge on any atom is -0.381 e. The van der Waals surface area contributed by atoms with Crippen molar-refractivity contribution in [2.24, 2.45) is 5.92 Å². The Morgan fingerprint density at radius 1 is 1.13 bits per heavy atom. The van der Waals surface area contributed by atoms with Crippen molar-refractivity contribution in [3.63, 3.8) is 0 Å². The molecule has 2 aromatic rings. The van der Waals surface area contributed by atoms with E-state index in [1.54, 1.807) is 25.1 Å². The van der Waals surface area contributed by atoms with Crippen molar-refractivity contribution in [3.05, 3.63) is 62.1 Å². The lowest BCUT2D eigenvalue weighted by Gasteiger charge is -2.32. The summed E-state index contributed by atoms with van der Waals surface area (Å²) < 4.78 is 41.4. The number of aliphatic hydroxyl groups is 1. The molecule has 1 fully saturated rings. The maximum atomic E-state index is 13.8. The van der Waals surface area contributed by atoms with Gasteiger partial charge in [-0.2, -0.15) is 13.2 Å². The molecule has 168 valence electrons. The van der Waals surface area contributed by atoms with Gasteiger partial charge in [-0.25, -0.2) is 0 Å². The molecule has 1 amide bonds. The minimum atomic E-state index is -5.01. The van der Waals surface area contributed by atoms with E-state index in [1.807, 2.05) is 0 Å². The van der Waals surface area contributed by atoms with Crippen LogP contribution in [0.5, 0.6) is 0 Å². The van der Waals surface area contributed by atoms with Gasteiger partial charge >= 0.3 is 6.18 Å². The quantitative estimate of drug-likeness (QED) is 0.423. The van der Waals surface area contributed by atoms with Gasteiger partial charge in [0.05, 0.1) is 21.6 Å². The second-order valence-electron chi connectivity index (χ2n) is 7.60. The molecule has 31 heavy (non-hydrogen) atoms. The number of anilines is 1. The van der Waals surface area contributed by atoms with Gasteiger partial charge in [-0.1, -0.05) is 40.9 Å². The van der Waals surface area contributed by atoms with Crippen molar-refractivity contribution >= 4 is 46.4 Å². The van der Waals surface area contributed by atoms with Crippen molar-refractivity contribution < 1.29 is 23.1 Å². The second-order valence-corrected chi connectivity index (χ2v) is 8.79. The first-order chi connectivity index (χ1) is 14.4. The maximum absolute atomic E-state index is 13.8. The molecule has 3 rings (SSSR count). The van der Waals surface area contributed by atoms with Crippen LogP contribution in [0.3, 0.4) is 0 Å². The summed E-state index contributed by atoms with van der Waals surface area (Å²) in [6, 6.07) is 6.85. The van der Waals surface area contributed by atoms with Crippen molar-refractivity contribution in [3.8, 4) is 0 Å². The lowest BCUT2D eigenvalue weighted by molar-refractivity contribution is -0.260. The second kappa shape index (κ2) is 9.06. The van der Waals surface area contributed by atoms with E-state index >= 15 is 0 Å². The van der Waals surface area contributed by atoms with Gasteiger partial charge in [0.25, 0.3) is 0 Å². The van der Waals surface area contributed by atoms with E-state index in [4.69, 9.17) is 34.8 Å². The van der Waals surface area contributed by atoms with Gasteiger partial charge in [-0.15, -0.1) is 0 Å². The van der Waals surface area contributed by atoms with Crippen LogP contribution in [0.1, 0.15) is 29.5 Å². The number of nitrogens with one attached hydrogen (secondary N) is 2. The Balaban J connectivity index is 1.76. The fraction of sp³-hybridized carbons (Fsp3) is 0.381. The number of halogens is 6. The van der Waals surface area contributed by atoms with Crippen molar-refractivity contribution in [1.29, 1.82) is 0 Å². The zero-order valence-corrected chi connectivity index (χ0v) is 18.7. The van der Waals surface area contributed by atoms with E-state index < -0.39 is 23.9 Å². The molecule has 1 aliphatic carbocycles. The summed E-state index contributed by atoms with van der Waals surface area (Å²) in [6.45, 7) is 1.26. The number of rotatable bonds is 7. The van der Waals surface area contributed by atoms with E-state index in [0.717, 1.165) is 36.1 Å². The molecule has 1 saturated carbocycles. The number of hydrogen-bond acceptors (Lipinski definition) is 3. The topological polar surface area (TPSA) is 61.4 Å². The van der Waals surface area contributed by atoms with Crippen LogP contribution in [0.15, 0.2) is 30.3 Å². The minimum absolute atomic E-state index is 0.0112. The Hall–Kier alpha value is -1.67. The van der Waals surface area contributed by atoms with Gasteiger partial charge < -0.3 is 15.7 Å². The van der Waals surface area contributed by atoms with Crippen LogP contribution >= 0.6 is 34.8 Å². The predicted octanol–water partition coefficient (Wildman–Crippen LogP) is 5.84. The number of benzene rings is 2. The standard InChI is InChI=1S/C21H20Cl3F3N2O2/c1-11-6-15(5-4-13(11)9-28-19(30)12-2-3-12)29-10-20(31,21(25,26)27)14-7-16(22)18(24)17(23)8-14/h4-8,12,29,31H,2-3,9-10H2,1H3,(H,28,30)/t20-/m1/s1. The molecule has 0 bridgehead atoms. The molecular formula is C21H20Cl3F3N2O2. The Labute approximate surface area is 192 Å². The van der Waals surface area contributed by atoms with E-state index in [0.29, 0.717) is 12.2 Å². The number of alkyl halides is 3. The van der Waals surface area contributed by atoms with Crippen LogP contribution in [0.4, 0.5) is 18.9 Å². The fourth-order valence-electron chi connectivity index (χ4n) is 3.07. The highest BCUT2D eigenvalue weighted by Crippen LogP contribution is 2.43. The molecule has 1 atom stereocenters. The number of hydrogen-bond donors (Lipinski definition) is 3. The predicted molar refractivity (Wildman–Crippen MR) is 116 cm³/mol. The van der Waals surface area contributed by atoms with E-state index in [1.165, 1.54) is 0 Å². The fourth-order valence-corrected chi connectivity index (χ4v) is 3.66. The third kappa shape index (κ3) is 5.40. The molecule has 10 heteroatoms. The number of aryl methyl sites for hydroxylation is 1. The van der Waals surface area contributed by atoms with Gasteiger partial charge in [0.2, 0.25) is 11.5 Å². The van der Waals surface area contributed by atoms with Crippen LogP contribution in [-0.4, -0.2) is 23.7 Å². The lowest BCUT2D eigenvalue weighted by atomic mass is 9.92. The van der Waals surface area contributed by atoms with E-state index in [9.17, 15) is 23.1 Å². The van der Waals surface area contributed by atoms with Crippen LogP contribution in [0.25, 0.3) is 0 Å². The molecule has 0 spiro atoms. The van der Waals surface area contributed by atoms with Gasteiger partial charge in [0, 0.05) is 18.2 Å². The maximum Gasteiger partial charge on any atom is 0.423 e. The van der Waals surface area contributed by atoms with Crippen LogP contribution < -0.4 is 10.6 Å². The number of amides is 1. The average Bonchev–Trinajstić information content (AvgIpc) is 3.53. The van der Waals surface area contributed by atoms with Gasteiger partial charge in [-0.05, 0) is 60.7 Å². The van der Waals surface area contributed by atoms with Crippen molar-refractivity contribution in [1.82, 2.24) is 5.32 Å². The molecule has 1 aliphatic rings. The van der Waals surface area contributed by atoms with Gasteiger partial charge in [0.15, 0.2) is 0 Å². The molecule has 0 heterocycles. The van der Waals surface area contributed by atoms with Gasteiger partial charge in [0.1, 0.15) is 0 Å². The third-order valence-electron chi connectivity index (χ3n) is 5.22. The SMILES string of the molecule is Cc1cc(NC[C@@](O)(c2cc(Cl)c(Cl)c(Cl)c2)C(F)(F)F)ccc1CNC(=O)C1CC1. The Kier molecular flexibility index (Phi) is 7.01. The van der Waals surface area contributed by atoms with Gasteiger partial charge in [-0.3, -0.25) is 4.79 Å². The Morgan fingerprint density at radius 2 is 1.74 bits per heavy atom. The molecule has 0 unspecified atom stereocenters. The first-order valence-electron chi connectivity index (χ1n) is 9.47. The van der Waals surface area contributed by atoms with Crippen LogP contribution in [0.2, 0.25) is 15.1 Å². The highest BCUT2D eigenvalue weighted by molar-refractivity contribution is 6.48. The molecule has 0 aromatic heterocycles. The molecular weight excluding hydrogens is 476 g/mol. The number of carbonyl (C=O) groups excluding carboxylic acids is 1. The van der Waals surface area contributed by atoms with Crippen LogP contribution in [0, 0.1) is 12.8 Å². The lowest BCUT2D eigenvalue weighted by Crippen LogP contribution is -2.47. The van der Waals surface area contributed by atoms with E-state index in [-0.39, 0.29) is 26.9 Å². The zero-order chi connectivity index (χ0) is 23.0. The summed E-state index contributed by atoms with van der Waals surface area (Å²) in [6.07, 6.45) is -3.21. The molecule has 4 nitrogen and oxygen atoms in total. The summed E-state index contributed by atoms with van der Waals surface area (Å²) >= 11 is 17.5. The first-order valence-corrected chi connectivity index (χ1v) is 10.6. The highest BCUT2D eigenvalue weighted by Gasteiger charge is 2.55. The average molecular weight is 496 g/mol. The smallest absolute Gasteiger partial charge is 0.381 e. The van der Waals surface area contributed by atoms with E-state index in [2.05, 4.69) is 10.6 Å². The normalized spacial score (nSPS) is 16.0. The Morgan fingerprint density at radius 3 is 2.26 bits per heavy atom. The van der Waals surface area contributed by atoms with Crippen LogP contribution in [-0.2, 0) is 16.9 Å². The molecule has 0 saturated heterocycles. The monoisotopic (exact) mass is 494 g/mol. The van der Waals surface area contributed by atoms with Crippen molar-refractivity contribution in [2.45, 2.75) is 38.1 Å². The molecule has 2 aromatic carbocycles.